The molecule has 0 spiro atoms. The van der Waals surface area contributed by atoms with Crippen LogP contribution >= 0.6 is 0 Å². The van der Waals surface area contributed by atoms with E-state index in [9.17, 15) is 19.5 Å². The summed E-state index contributed by atoms with van der Waals surface area (Å²) in [6.07, 6.45) is 2.04. The molecule has 25 heavy (non-hydrogen) atoms. The summed E-state index contributed by atoms with van der Waals surface area (Å²) in [6.45, 7) is 9.21. The number of carbonyl (C=O) groups excluding carboxylic acids is 2. The number of ether oxygens (including phenoxy) is 2. The van der Waals surface area contributed by atoms with Crippen molar-refractivity contribution in [2.24, 2.45) is 5.92 Å². The number of aliphatic carboxylic acids is 1. The first-order chi connectivity index (χ1) is 11.6. The first kappa shape index (κ1) is 21.3. The predicted octanol–water partition coefficient (Wildman–Crippen LogP) is 3.21. The summed E-state index contributed by atoms with van der Waals surface area (Å²) in [7, 11) is 0. The lowest BCUT2D eigenvalue weighted by Gasteiger charge is -2.26. The van der Waals surface area contributed by atoms with Crippen LogP contribution in [0.2, 0.25) is 0 Å². The highest BCUT2D eigenvalue weighted by atomic mass is 16.6. The fraction of sp³-hybridized carbons (Fsp3) is 0.833. The summed E-state index contributed by atoms with van der Waals surface area (Å²) in [5, 5.41) is 9.37. The van der Waals surface area contributed by atoms with Gasteiger partial charge in [0.2, 0.25) is 0 Å². The molecule has 2 atom stereocenters. The number of carboxylic acid groups (broad SMARTS) is 1. The molecule has 0 bridgehead atoms. The Balaban J connectivity index is 2.76. The number of esters is 1. The van der Waals surface area contributed by atoms with Crippen LogP contribution < -0.4 is 0 Å². The van der Waals surface area contributed by atoms with E-state index in [0.717, 1.165) is 30.6 Å². The lowest BCUT2D eigenvalue weighted by Crippen LogP contribution is -2.43. The van der Waals surface area contributed by atoms with Crippen LogP contribution in [-0.4, -0.2) is 52.3 Å². The van der Waals surface area contributed by atoms with E-state index in [-0.39, 0.29) is 24.9 Å². The lowest BCUT2D eigenvalue weighted by molar-refractivity contribution is -0.154. The number of hydrogen-bond donors (Lipinski definition) is 1. The molecule has 0 aromatic heterocycles. The molecule has 1 amide bonds. The summed E-state index contributed by atoms with van der Waals surface area (Å²) >= 11 is 0. The van der Waals surface area contributed by atoms with E-state index in [1.54, 1.807) is 20.8 Å². The van der Waals surface area contributed by atoms with Crippen LogP contribution in [0.1, 0.15) is 66.7 Å². The van der Waals surface area contributed by atoms with Gasteiger partial charge in [-0.2, -0.15) is 0 Å². The molecule has 1 fully saturated rings. The van der Waals surface area contributed by atoms with E-state index in [0.29, 0.717) is 0 Å². The number of likely N-dealkylation sites (tertiary alicyclic amines) is 1. The normalized spacial score (nSPS) is 20.6. The molecule has 0 unspecified atom stereocenters. The van der Waals surface area contributed by atoms with Crippen LogP contribution in [0.5, 0.6) is 0 Å². The molecule has 7 nitrogen and oxygen atoms in total. The molecule has 1 rings (SSSR count). The second kappa shape index (κ2) is 9.06. The summed E-state index contributed by atoms with van der Waals surface area (Å²) in [6, 6.07) is -1.04. The van der Waals surface area contributed by atoms with Crippen LogP contribution in [-0.2, 0) is 19.1 Å². The van der Waals surface area contributed by atoms with E-state index < -0.39 is 29.8 Å². The smallest absolute Gasteiger partial charge is 0.411 e. The molecule has 1 N–H and O–H groups in total. The van der Waals surface area contributed by atoms with Gasteiger partial charge in [-0.15, -0.1) is 0 Å². The van der Waals surface area contributed by atoms with Crippen LogP contribution in [0, 0.1) is 5.92 Å². The lowest BCUT2D eigenvalue weighted by atomic mass is 9.98. The molecular weight excluding hydrogens is 326 g/mol. The van der Waals surface area contributed by atoms with Gasteiger partial charge in [-0.25, -0.2) is 9.59 Å². The Kier molecular flexibility index (Phi) is 7.70. The second-order valence-corrected chi connectivity index (χ2v) is 7.56. The summed E-state index contributed by atoms with van der Waals surface area (Å²) < 4.78 is 10.8. The minimum atomic E-state index is -1.12. The van der Waals surface area contributed by atoms with Crippen LogP contribution in [0.3, 0.4) is 0 Å². The first-order valence-corrected chi connectivity index (χ1v) is 9.01. The van der Waals surface area contributed by atoms with E-state index in [4.69, 9.17) is 9.47 Å². The SMILES string of the molecule is CCCC(CCC)C(=O)O[C@H]1C[C@@H](C(=O)O)N(C(=O)OC(C)(C)C)C1. The third-order valence-corrected chi connectivity index (χ3v) is 4.07. The van der Waals surface area contributed by atoms with Crippen molar-refractivity contribution in [2.45, 2.75) is 84.5 Å². The van der Waals surface area contributed by atoms with Crippen LogP contribution in [0.15, 0.2) is 0 Å². The van der Waals surface area contributed by atoms with Crippen LogP contribution in [0.25, 0.3) is 0 Å². The minimum absolute atomic E-state index is 0.0442. The van der Waals surface area contributed by atoms with E-state index in [2.05, 4.69) is 0 Å². The molecule has 0 aliphatic carbocycles. The van der Waals surface area contributed by atoms with Gasteiger partial charge in [0.05, 0.1) is 12.5 Å². The first-order valence-electron chi connectivity index (χ1n) is 9.01. The van der Waals surface area contributed by atoms with Crippen molar-refractivity contribution in [1.82, 2.24) is 4.90 Å². The van der Waals surface area contributed by atoms with Gasteiger partial charge in [0, 0.05) is 6.42 Å². The largest absolute Gasteiger partial charge is 0.480 e. The zero-order valence-corrected chi connectivity index (χ0v) is 15.9. The van der Waals surface area contributed by atoms with Gasteiger partial charge >= 0.3 is 18.0 Å². The molecule has 0 radical (unpaired) electrons. The van der Waals surface area contributed by atoms with Crippen molar-refractivity contribution in [3.05, 3.63) is 0 Å². The molecule has 1 saturated heterocycles. The molecule has 1 heterocycles. The average molecular weight is 357 g/mol. The van der Waals surface area contributed by atoms with Crippen molar-refractivity contribution < 1.29 is 29.0 Å². The molecule has 7 heteroatoms. The highest BCUT2D eigenvalue weighted by molar-refractivity contribution is 5.81. The standard InChI is InChI=1S/C18H31NO6/c1-6-8-12(9-7-2)16(22)24-13-10-14(15(20)21)19(11-13)17(23)25-18(3,4)5/h12-14H,6-11H2,1-5H3,(H,20,21)/t13-,14-/m0/s1. The fourth-order valence-corrected chi connectivity index (χ4v) is 2.98. The maximum atomic E-state index is 12.4. The molecule has 144 valence electrons. The van der Waals surface area contributed by atoms with E-state index >= 15 is 0 Å². The van der Waals surface area contributed by atoms with Gasteiger partial charge in [0.25, 0.3) is 0 Å². The van der Waals surface area contributed by atoms with Gasteiger partial charge in [-0.3, -0.25) is 9.69 Å². The Morgan fingerprint density at radius 3 is 2.16 bits per heavy atom. The van der Waals surface area contributed by atoms with Crippen molar-refractivity contribution >= 4 is 18.0 Å². The Morgan fingerprint density at radius 1 is 1.16 bits per heavy atom. The number of carboxylic acids is 1. The van der Waals surface area contributed by atoms with E-state index in [1.165, 1.54) is 0 Å². The second-order valence-electron chi connectivity index (χ2n) is 7.56. The maximum Gasteiger partial charge on any atom is 0.411 e. The highest BCUT2D eigenvalue weighted by Gasteiger charge is 2.43. The molecule has 0 saturated carbocycles. The zero-order chi connectivity index (χ0) is 19.2. The minimum Gasteiger partial charge on any atom is -0.480 e. The Bertz CT molecular complexity index is 478. The number of nitrogens with zero attached hydrogens (tertiary/aromatic N) is 1. The Labute approximate surface area is 149 Å². The van der Waals surface area contributed by atoms with Gasteiger partial charge in [0.1, 0.15) is 17.7 Å². The van der Waals surface area contributed by atoms with Gasteiger partial charge < -0.3 is 14.6 Å². The van der Waals surface area contributed by atoms with Crippen molar-refractivity contribution in [1.29, 1.82) is 0 Å². The number of amides is 1. The quantitative estimate of drug-likeness (QED) is 0.703. The molecule has 1 aliphatic rings. The number of rotatable bonds is 7. The van der Waals surface area contributed by atoms with Crippen LogP contribution in [0.4, 0.5) is 4.79 Å². The van der Waals surface area contributed by atoms with Crippen molar-refractivity contribution in [2.75, 3.05) is 6.54 Å². The van der Waals surface area contributed by atoms with Gasteiger partial charge in [-0.1, -0.05) is 26.7 Å². The molecular formula is C18H31NO6. The third-order valence-electron chi connectivity index (χ3n) is 4.07. The molecule has 0 aromatic carbocycles. The predicted molar refractivity (Wildman–Crippen MR) is 92.2 cm³/mol. The van der Waals surface area contributed by atoms with E-state index in [1.807, 2.05) is 13.8 Å². The topological polar surface area (TPSA) is 93.1 Å². The molecule has 1 aliphatic heterocycles. The summed E-state index contributed by atoms with van der Waals surface area (Å²) in [4.78, 5) is 37.2. The Hall–Kier alpha value is -1.79. The van der Waals surface area contributed by atoms with Gasteiger partial charge in [0.15, 0.2) is 0 Å². The monoisotopic (exact) mass is 357 g/mol. The molecule has 0 aromatic rings. The van der Waals surface area contributed by atoms with Gasteiger partial charge in [-0.05, 0) is 33.6 Å². The third kappa shape index (κ3) is 6.55. The average Bonchev–Trinajstić information content (AvgIpc) is 2.89. The fourth-order valence-electron chi connectivity index (χ4n) is 2.98. The summed E-state index contributed by atoms with van der Waals surface area (Å²) in [5.41, 5.74) is -0.720. The summed E-state index contributed by atoms with van der Waals surface area (Å²) in [5.74, 6) is -1.60. The zero-order valence-electron chi connectivity index (χ0n) is 15.9. The maximum absolute atomic E-state index is 12.4. The van der Waals surface area contributed by atoms with Crippen molar-refractivity contribution in [3.8, 4) is 0 Å². The highest BCUT2D eigenvalue weighted by Crippen LogP contribution is 2.25. The number of carbonyl (C=O) groups is 3. The number of hydrogen-bond acceptors (Lipinski definition) is 5. The Morgan fingerprint density at radius 2 is 1.72 bits per heavy atom. The van der Waals surface area contributed by atoms with Crippen molar-refractivity contribution in [3.63, 3.8) is 0 Å².